The van der Waals surface area contributed by atoms with Crippen LogP contribution in [0.25, 0.3) is 0 Å². The van der Waals surface area contributed by atoms with Crippen molar-refractivity contribution in [3.63, 3.8) is 0 Å². The largest absolute Gasteiger partial charge is 0.448 e. The number of nitrogens with two attached hydrogens (primary N) is 1. The normalized spacial score (nSPS) is 13.0. The van der Waals surface area contributed by atoms with Gasteiger partial charge in [-0.15, -0.1) is 9.81 Å². The van der Waals surface area contributed by atoms with E-state index in [1.807, 2.05) is 0 Å². The summed E-state index contributed by atoms with van der Waals surface area (Å²) >= 11 is 0. The molecule has 12 heteroatoms. The first kappa shape index (κ1) is 19.5. The van der Waals surface area contributed by atoms with E-state index in [0.717, 1.165) is 0 Å². The molecule has 0 spiro atoms. The quantitative estimate of drug-likeness (QED) is 0.270. The molecule has 1 aromatic carbocycles. The van der Waals surface area contributed by atoms with Gasteiger partial charge in [0.1, 0.15) is 11.4 Å². The molecular formula is C12H10F6N4O2. The van der Waals surface area contributed by atoms with Gasteiger partial charge >= 0.3 is 12.4 Å². The van der Waals surface area contributed by atoms with Crippen LogP contribution in [-0.4, -0.2) is 18.6 Å². The van der Waals surface area contributed by atoms with Gasteiger partial charge in [0, 0.05) is 12.1 Å². The molecule has 0 aliphatic carbocycles. The SMILES string of the molecule is NC(=NCCCc1c(N=O)cc(C(F)(F)F)cc1N=O)C(F)(F)F. The van der Waals surface area contributed by atoms with Crippen molar-refractivity contribution in [1.29, 1.82) is 0 Å². The Kier molecular flexibility index (Phi) is 5.99. The molecular weight excluding hydrogens is 346 g/mol. The van der Waals surface area contributed by atoms with E-state index in [0.29, 0.717) is 12.1 Å². The number of hydrogen-bond donors (Lipinski definition) is 1. The van der Waals surface area contributed by atoms with Gasteiger partial charge in [0.15, 0.2) is 0 Å². The summed E-state index contributed by atoms with van der Waals surface area (Å²) in [6, 6.07) is 0.870. The van der Waals surface area contributed by atoms with Crippen molar-refractivity contribution in [3.05, 3.63) is 33.1 Å². The van der Waals surface area contributed by atoms with E-state index in [2.05, 4.69) is 21.1 Å². The highest BCUT2D eigenvalue weighted by Gasteiger charge is 2.34. The van der Waals surface area contributed by atoms with Crippen molar-refractivity contribution < 1.29 is 26.3 Å². The second-order valence-electron chi connectivity index (χ2n) is 4.54. The number of rotatable bonds is 6. The lowest BCUT2D eigenvalue weighted by molar-refractivity contribution is -0.137. The first-order chi connectivity index (χ1) is 11.0. The Bertz CT molecular complexity index is 625. The summed E-state index contributed by atoms with van der Waals surface area (Å²) in [4.78, 5) is 24.4. The average Bonchev–Trinajstić information content (AvgIpc) is 2.48. The van der Waals surface area contributed by atoms with Crippen LogP contribution in [0.1, 0.15) is 17.5 Å². The number of benzene rings is 1. The summed E-state index contributed by atoms with van der Waals surface area (Å²) in [5, 5.41) is 4.83. The molecule has 0 unspecified atom stereocenters. The molecule has 1 aromatic rings. The molecule has 0 radical (unpaired) electrons. The zero-order valence-electron chi connectivity index (χ0n) is 11.8. The van der Waals surface area contributed by atoms with Gasteiger partial charge in [0.25, 0.3) is 0 Å². The fraction of sp³-hybridized carbons (Fsp3) is 0.417. The second kappa shape index (κ2) is 7.36. The van der Waals surface area contributed by atoms with Crippen LogP contribution < -0.4 is 5.73 Å². The van der Waals surface area contributed by atoms with Gasteiger partial charge in [0.05, 0.1) is 5.56 Å². The maximum atomic E-state index is 12.6. The fourth-order valence-electron chi connectivity index (χ4n) is 1.77. The Balaban J connectivity index is 3.00. The molecule has 0 fully saturated rings. The topological polar surface area (TPSA) is 97.2 Å². The van der Waals surface area contributed by atoms with E-state index in [1.54, 1.807) is 0 Å². The van der Waals surface area contributed by atoms with E-state index < -0.39 is 41.7 Å². The Morgan fingerprint density at radius 3 is 1.88 bits per heavy atom. The van der Waals surface area contributed by atoms with Gasteiger partial charge in [0.2, 0.25) is 5.84 Å². The van der Waals surface area contributed by atoms with Crippen molar-refractivity contribution in [2.45, 2.75) is 25.2 Å². The van der Waals surface area contributed by atoms with Crippen LogP contribution in [0.15, 0.2) is 27.5 Å². The van der Waals surface area contributed by atoms with Gasteiger partial charge in [-0.2, -0.15) is 26.3 Å². The molecule has 1 rings (SSSR count). The van der Waals surface area contributed by atoms with E-state index in [4.69, 9.17) is 0 Å². The zero-order chi connectivity index (χ0) is 18.5. The third-order valence-corrected chi connectivity index (χ3v) is 2.88. The Labute approximate surface area is 130 Å². The molecule has 132 valence electrons. The summed E-state index contributed by atoms with van der Waals surface area (Å²) in [5.74, 6) is -1.56. The summed E-state index contributed by atoms with van der Waals surface area (Å²) in [6.45, 7) is -0.414. The molecule has 2 N–H and O–H groups in total. The van der Waals surface area contributed by atoms with Crippen LogP contribution in [-0.2, 0) is 12.6 Å². The van der Waals surface area contributed by atoms with Crippen molar-refractivity contribution in [3.8, 4) is 0 Å². The second-order valence-corrected chi connectivity index (χ2v) is 4.54. The minimum absolute atomic E-state index is 0.118. The first-order valence-electron chi connectivity index (χ1n) is 6.28. The van der Waals surface area contributed by atoms with Crippen LogP contribution in [0.5, 0.6) is 0 Å². The van der Waals surface area contributed by atoms with Gasteiger partial charge in [-0.25, -0.2) is 0 Å². The maximum absolute atomic E-state index is 12.6. The van der Waals surface area contributed by atoms with E-state index >= 15 is 0 Å². The van der Waals surface area contributed by atoms with E-state index in [1.165, 1.54) is 0 Å². The molecule has 24 heavy (non-hydrogen) atoms. The summed E-state index contributed by atoms with van der Waals surface area (Å²) in [7, 11) is 0. The van der Waals surface area contributed by atoms with Gasteiger partial charge in [-0.1, -0.05) is 0 Å². The first-order valence-corrected chi connectivity index (χ1v) is 6.28. The standard InChI is InChI=1S/C12H10F6N4O2/c13-11(14,15)6-4-8(21-23)7(9(5-6)22-24)2-1-3-20-10(19)12(16,17)18/h4-5H,1-3H2,(H2,19,20). The Hall–Kier alpha value is -2.53. The molecule has 0 aliphatic rings. The minimum atomic E-state index is -4.82. The number of amidine groups is 1. The van der Waals surface area contributed by atoms with Crippen molar-refractivity contribution in [2.24, 2.45) is 21.1 Å². The van der Waals surface area contributed by atoms with Crippen molar-refractivity contribution in [2.75, 3.05) is 6.54 Å². The smallest absolute Gasteiger partial charge is 0.380 e. The fourth-order valence-corrected chi connectivity index (χ4v) is 1.77. The highest BCUT2D eigenvalue weighted by Crippen LogP contribution is 2.38. The van der Waals surface area contributed by atoms with Crippen LogP contribution in [0.4, 0.5) is 37.7 Å². The summed E-state index contributed by atoms with van der Waals surface area (Å²) < 4.78 is 74.3. The lowest BCUT2D eigenvalue weighted by Crippen LogP contribution is -2.31. The predicted octanol–water partition coefficient (Wildman–Crippen LogP) is 4.35. The molecule has 6 nitrogen and oxygen atoms in total. The monoisotopic (exact) mass is 356 g/mol. The van der Waals surface area contributed by atoms with Crippen LogP contribution in [0.3, 0.4) is 0 Å². The third kappa shape index (κ3) is 4.99. The summed E-state index contributed by atoms with van der Waals surface area (Å²) in [6.07, 6.45) is -9.95. The van der Waals surface area contributed by atoms with E-state index in [-0.39, 0.29) is 18.4 Å². The van der Waals surface area contributed by atoms with Crippen molar-refractivity contribution >= 4 is 17.2 Å². The molecule has 0 bridgehead atoms. The number of nitrogens with zero attached hydrogens (tertiary/aromatic N) is 3. The molecule has 0 heterocycles. The van der Waals surface area contributed by atoms with Gasteiger partial charge in [-0.05, 0) is 35.3 Å². The van der Waals surface area contributed by atoms with Crippen LogP contribution in [0, 0.1) is 9.81 Å². The maximum Gasteiger partial charge on any atom is 0.448 e. The van der Waals surface area contributed by atoms with Crippen LogP contribution >= 0.6 is 0 Å². The van der Waals surface area contributed by atoms with Gasteiger partial charge in [-0.3, -0.25) is 4.99 Å². The molecule has 0 aromatic heterocycles. The van der Waals surface area contributed by atoms with E-state index in [9.17, 15) is 36.2 Å². The highest BCUT2D eigenvalue weighted by molar-refractivity contribution is 5.85. The molecule has 0 amide bonds. The number of aliphatic imine (C=N–C) groups is 1. The lowest BCUT2D eigenvalue weighted by Gasteiger charge is -2.11. The molecule has 0 saturated heterocycles. The lowest BCUT2D eigenvalue weighted by atomic mass is 10.0. The Morgan fingerprint density at radius 2 is 1.50 bits per heavy atom. The number of halogens is 6. The average molecular weight is 356 g/mol. The zero-order valence-corrected chi connectivity index (χ0v) is 11.8. The van der Waals surface area contributed by atoms with Crippen molar-refractivity contribution in [1.82, 2.24) is 0 Å². The number of nitroso groups, excluding NO2 is 2. The van der Waals surface area contributed by atoms with Crippen LogP contribution in [0.2, 0.25) is 0 Å². The highest BCUT2D eigenvalue weighted by atomic mass is 19.4. The number of alkyl halides is 6. The summed E-state index contributed by atoms with van der Waals surface area (Å²) in [5.41, 5.74) is 1.87. The predicted molar refractivity (Wildman–Crippen MR) is 73.2 cm³/mol. The molecule has 0 aliphatic heterocycles. The third-order valence-electron chi connectivity index (χ3n) is 2.88. The molecule has 0 saturated carbocycles. The Morgan fingerprint density at radius 1 is 1.00 bits per heavy atom. The molecule has 0 atom stereocenters. The number of hydrogen-bond acceptors (Lipinski definition) is 5. The van der Waals surface area contributed by atoms with Gasteiger partial charge < -0.3 is 5.73 Å². The minimum Gasteiger partial charge on any atom is -0.380 e.